The van der Waals surface area contributed by atoms with E-state index in [9.17, 15) is 22.8 Å². The first-order valence-electron chi connectivity index (χ1n) is 8.00. The third-order valence-corrected chi connectivity index (χ3v) is 5.96. The van der Waals surface area contributed by atoms with Crippen molar-refractivity contribution in [3.63, 3.8) is 0 Å². The number of H-pyrrole nitrogens is 1. The van der Waals surface area contributed by atoms with Crippen LogP contribution < -0.4 is 11.2 Å². The van der Waals surface area contributed by atoms with E-state index in [-0.39, 0.29) is 35.3 Å². The Balaban J connectivity index is 2.28. The highest BCUT2D eigenvalue weighted by molar-refractivity contribution is 7.89. The molecule has 1 heterocycles. The molecule has 9 nitrogen and oxygen atoms in total. The van der Waals surface area contributed by atoms with Gasteiger partial charge >= 0.3 is 11.7 Å². The zero-order chi connectivity index (χ0) is 19.5. The molecule has 26 heavy (non-hydrogen) atoms. The molecule has 2 rings (SSSR count). The molecule has 1 aromatic heterocycles. The molecule has 0 unspecified atom stereocenters. The number of ether oxygens (including phenoxy) is 1. The predicted molar refractivity (Wildman–Crippen MR) is 96.9 cm³/mol. The van der Waals surface area contributed by atoms with E-state index in [0.717, 1.165) is 4.57 Å². The molecule has 1 aromatic carbocycles. The molecule has 1 N–H and O–H groups in total. The van der Waals surface area contributed by atoms with Crippen molar-refractivity contribution >= 4 is 26.9 Å². The van der Waals surface area contributed by atoms with Gasteiger partial charge in [0.1, 0.15) is 0 Å². The van der Waals surface area contributed by atoms with E-state index in [1.165, 1.54) is 36.7 Å². The van der Waals surface area contributed by atoms with Crippen molar-refractivity contribution in [1.82, 2.24) is 13.9 Å². The molecule has 0 amide bonds. The summed E-state index contributed by atoms with van der Waals surface area (Å²) in [6.07, 6.45) is 0.310. The normalized spacial score (nSPS) is 11.8. The summed E-state index contributed by atoms with van der Waals surface area (Å²) in [6.45, 7) is 1.82. The first-order chi connectivity index (χ1) is 12.2. The predicted octanol–water partition coefficient (Wildman–Crippen LogP) is 0.148. The maximum absolute atomic E-state index is 12.5. The number of hydrogen-bond acceptors (Lipinski definition) is 6. The molecule has 0 saturated heterocycles. The van der Waals surface area contributed by atoms with Crippen LogP contribution in [0.3, 0.4) is 0 Å². The summed E-state index contributed by atoms with van der Waals surface area (Å²) in [4.78, 5) is 38.8. The highest BCUT2D eigenvalue weighted by Crippen LogP contribution is 2.10. The average Bonchev–Trinajstić information content (AvgIpc) is 2.62. The quantitative estimate of drug-likeness (QED) is 0.680. The first-order valence-corrected chi connectivity index (χ1v) is 9.61. The van der Waals surface area contributed by atoms with E-state index < -0.39 is 27.2 Å². The Morgan fingerprint density at radius 3 is 2.62 bits per heavy atom. The summed E-state index contributed by atoms with van der Waals surface area (Å²) in [5.74, 6) is -0.584. The van der Waals surface area contributed by atoms with Gasteiger partial charge in [-0.15, -0.1) is 0 Å². The molecule has 0 radical (unpaired) electrons. The fourth-order valence-corrected chi connectivity index (χ4v) is 3.36. The van der Waals surface area contributed by atoms with E-state index in [2.05, 4.69) is 9.72 Å². The van der Waals surface area contributed by atoms with Gasteiger partial charge in [-0.05, 0) is 31.5 Å². The number of rotatable bonds is 7. The Morgan fingerprint density at radius 1 is 1.31 bits per heavy atom. The number of sulfonamides is 1. The lowest BCUT2D eigenvalue weighted by Crippen LogP contribution is -2.36. The van der Waals surface area contributed by atoms with Gasteiger partial charge in [-0.25, -0.2) is 22.3 Å². The molecule has 10 heteroatoms. The number of aromatic amines is 1. The second-order valence-corrected chi connectivity index (χ2v) is 8.08. The minimum absolute atomic E-state index is 0.0114. The third kappa shape index (κ3) is 4.02. The smallest absolute Gasteiger partial charge is 0.337 e. The number of methoxy groups -OCH3 is 1. The van der Waals surface area contributed by atoms with Gasteiger partial charge in [0.05, 0.1) is 29.3 Å². The van der Waals surface area contributed by atoms with Crippen molar-refractivity contribution in [2.24, 2.45) is 0 Å². The molecule has 0 aliphatic rings. The van der Waals surface area contributed by atoms with E-state index >= 15 is 0 Å². The van der Waals surface area contributed by atoms with Crippen LogP contribution in [0.5, 0.6) is 0 Å². The lowest BCUT2D eigenvalue weighted by atomic mass is 10.1. The number of benzene rings is 1. The summed E-state index contributed by atoms with van der Waals surface area (Å²) >= 11 is 0. The summed E-state index contributed by atoms with van der Waals surface area (Å²) < 4.78 is 30.3. The van der Waals surface area contributed by atoms with E-state index in [1.54, 1.807) is 6.92 Å². The fourth-order valence-electron chi connectivity index (χ4n) is 2.51. The monoisotopic (exact) mass is 383 g/mol. The van der Waals surface area contributed by atoms with E-state index in [0.29, 0.717) is 6.42 Å². The number of nitrogens with zero attached hydrogens (tertiary/aromatic N) is 2. The average molecular weight is 383 g/mol. The minimum atomic E-state index is -3.31. The zero-order valence-electron chi connectivity index (χ0n) is 14.8. The molecule has 142 valence electrons. The zero-order valence-corrected chi connectivity index (χ0v) is 15.6. The van der Waals surface area contributed by atoms with Gasteiger partial charge in [-0.2, -0.15) is 0 Å². The number of hydrogen-bond donors (Lipinski definition) is 1. The molecule has 0 aliphatic heterocycles. The van der Waals surface area contributed by atoms with Crippen LogP contribution in [0.1, 0.15) is 23.7 Å². The molecular formula is C16H21N3O6S. The molecule has 0 fully saturated rings. The van der Waals surface area contributed by atoms with Gasteiger partial charge < -0.3 is 9.72 Å². The molecular weight excluding hydrogens is 362 g/mol. The van der Waals surface area contributed by atoms with E-state index in [4.69, 9.17) is 0 Å². The Bertz CT molecular complexity index is 1040. The van der Waals surface area contributed by atoms with Crippen LogP contribution in [0.15, 0.2) is 27.8 Å². The van der Waals surface area contributed by atoms with Crippen molar-refractivity contribution in [2.45, 2.75) is 19.9 Å². The molecule has 0 aliphatic carbocycles. The third-order valence-electron chi connectivity index (χ3n) is 4.10. The summed E-state index contributed by atoms with van der Waals surface area (Å²) in [5, 5.41) is 0.256. The molecule has 0 saturated carbocycles. The number of nitrogens with one attached hydrogen (secondary N) is 1. The van der Waals surface area contributed by atoms with Crippen molar-refractivity contribution < 1.29 is 17.9 Å². The number of carbonyl (C=O) groups excluding carboxylic acids is 1. The maximum Gasteiger partial charge on any atom is 0.337 e. The van der Waals surface area contributed by atoms with Gasteiger partial charge in [-0.1, -0.05) is 0 Å². The lowest BCUT2D eigenvalue weighted by Gasteiger charge is -2.16. The second kappa shape index (κ2) is 7.83. The van der Waals surface area contributed by atoms with Crippen molar-refractivity contribution in [3.05, 3.63) is 44.6 Å². The van der Waals surface area contributed by atoms with Crippen LogP contribution in [0.4, 0.5) is 0 Å². The number of esters is 1. The topological polar surface area (TPSA) is 119 Å². The Morgan fingerprint density at radius 2 is 2.00 bits per heavy atom. The van der Waals surface area contributed by atoms with Gasteiger partial charge in [0.25, 0.3) is 5.56 Å². The van der Waals surface area contributed by atoms with E-state index in [1.807, 2.05) is 0 Å². The Hall–Kier alpha value is -2.46. The number of carbonyl (C=O) groups is 1. The standard InChI is InChI=1S/C16H21N3O6S/c1-4-26(23,24)18(2)8-5-9-19-14(20)12-7-6-11(15(21)25-3)10-13(12)17-16(19)22/h6-7,10H,4-5,8-9H2,1-3H3,(H,17,22). The number of fused-ring (bicyclic) bond motifs is 1. The molecule has 0 spiro atoms. The summed E-state index contributed by atoms with van der Waals surface area (Å²) in [6, 6.07) is 4.28. The van der Waals surface area contributed by atoms with Crippen molar-refractivity contribution in [2.75, 3.05) is 26.5 Å². The Labute approximate surface area is 150 Å². The minimum Gasteiger partial charge on any atom is -0.465 e. The van der Waals surface area contributed by atoms with Gasteiger partial charge in [0.15, 0.2) is 0 Å². The van der Waals surface area contributed by atoms with Crippen LogP contribution in [-0.4, -0.2) is 54.7 Å². The molecule has 0 atom stereocenters. The SMILES string of the molecule is CCS(=O)(=O)N(C)CCCn1c(=O)[nH]c2cc(C(=O)OC)ccc2c1=O. The van der Waals surface area contributed by atoms with Crippen LogP contribution >= 0.6 is 0 Å². The van der Waals surface area contributed by atoms with Crippen LogP contribution in [0.2, 0.25) is 0 Å². The van der Waals surface area contributed by atoms with Gasteiger partial charge in [0, 0.05) is 20.1 Å². The maximum atomic E-state index is 12.5. The second-order valence-electron chi connectivity index (χ2n) is 5.71. The first kappa shape index (κ1) is 19.9. The van der Waals surface area contributed by atoms with Gasteiger partial charge in [-0.3, -0.25) is 9.36 Å². The largest absolute Gasteiger partial charge is 0.465 e. The summed E-state index contributed by atoms with van der Waals surface area (Å²) in [7, 11) is -0.609. The molecule has 2 aromatic rings. The summed E-state index contributed by atoms with van der Waals surface area (Å²) in [5.41, 5.74) is -0.657. The highest BCUT2D eigenvalue weighted by atomic mass is 32.2. The highest BCUT2D eigenvalue weighted by Gasteiger charge is 2.15. The Kier molecular flexibility index (Phi) is 5.98. The van der Waals surface area contributed by atoms with Crippen LogP contribution in [0, 0.1) is 0 Å². The fraction of sp³-hybridized carbons (Fsp3) is 0.438. The van der Waals surface area contributed by atoms with Crippen molar-refractivity contribution in [3.8, 4) is 0 Å². The van der Waals surface area contributed by atoms with Crippen LogP contribution in [0.25, 0.3) is 10.9 Å². The molecule has 0 bridgehead atoms. The van der Waals surface area contributed by atoms with Crippen molar-refractivity contribution in [1.29, 1.82) is 0 Å². The lowest BCUT2D eigenvalue weighted by molar-refractivity contribution is 0.0601. The number of aromatic nitrogens is 2. The van der Waals surface area contributed by atoms with Gasteiger partial charge in [0.2, 0.25) is 10.0 Å². The van der Waals surface area contributed by atoms with Crippen LogP contribution in [-0.2, 0) is 21.3 Å².